The molecule has 1 N–H and O–H groups in total. The van der Waals surface area contributed by atoms with Crippen LogP contribution in [-0.2, 0) is 22.9 Å². The van der Waals surface area contributed by atoms with Crippen LogP contribution in [0.2, 0.25) is 0 Å². The summed E-state index contributed by atoms with van der Waals surface area (Å²) in [6, 6.07) is 13.0. The summed E-state index contributed by atoms with van der Waals surface area (Å²) < 4.78 is 34.3. The Labute approximate surface area is 192 Å². The van der Waals surface area contributed by atoms with Crippen LogP contribution in [-0.4, -0.2) is 32.0 Å². The van der Waals surface area contributed by atoms with E-state index in [4.69, 9.17) is 9.72 Å². The maximum absolute atomic E-state index is 12.7. The number of aryl methyl sites for hydroxylation is 1. The molecule has 3 rings (SSSR count). The molecule has 8 heteroatoms. The number of benzene rings is 2. The monoisotopic (exact) mass is 503 g/mol. The normalized spacial score (nSPS) is 11.5. The third-order valence-corrected chi connectivity index (χ3v) is 7.04. The molecule has 6 nitrogen and oxygen atoms in total. The first-order chi connectivity index (χ1) is 14.8. The van der Waals surface area contributed by atoms with Crippen LogP contribution in [0.25, 0.3) is 0 Å². The Morgan fingerprint density at radius 2 is 1.87 bits per heavy atom. The molecule has 0 atom stereocenters. The van der Waals surface area contributed by atoms with E-state index < -0.39 is 10.0 Å². The number of nitrogens with zero attached hydrogens (tertiary/aromatic N) is 2. The Kier molecular flexibility index (Phi) is 7.80. The van der Waals surface area contributed by atoms with Crippen molar-refractivity contribution < 1.29 is 13.2 Å². The Hall–Kier alpha value is -2.29. The number of hydrogen-bond donors (Lipinski definition) is 1. The highest BCUT2D eigenvalue weighted by molar-refractivity contribution is 9.10. The molecule has 164 valence electrons. The van der Waals surface area contributed by atoms with Gasteiger partial charge in [0.2, 0.25) is 10.0 Å². The molecule has 0 aliphatic heterocycles. The van der Waals surface area contributed by atoms with Gasteiger partial charge in [-0.05, 0) is 47.0 Å². The van der Waals surface area contributed by atoms with Crippen LogP contribution >= 0.6 is 15.9 Å². The van der Waals surface area contributed by atoms with Gasteiger partial charge in [0.05, 0.1) is 22.2 Å². The molecule has 0 amide bonds. The highest BCUT2D eigenvalue weighted by Gasteiger charge is 2.19. The van der Waals surface area contributed by atoms with Gasteiger partial charge in [0.1, 0.15) is 11.6 Å². The molecule has 0 unspecified atom stereocenters. The molecule has 0 bridgehead atoms. The van der Waals surface area contributed by atoms with Crippen molar-refractivity contribution in [1.82, 2.24) is 14.7 Å². The summed E-state index contributed by atoms with van der Waals surface area (Å²) >= 11 is 3.52. The molecule has 0 spiro atoms. The molecule has 1 aromatic heterocycles. The first-order valence-corrected chi connectivity index (χ1v) is 12.3. The minimum absolute atomic E-state index is 0.274. The Balaban J connectivity index is 1.92. The SMILES string of the molecule is CCCNS(=O)(=O)c1ccccc1Cc1nc(Cc2cc(C)ccc2OC)ncc1Br. The molecule has 0 saturated heterocycles. The summed E-state index contributed by atoms with van der Waals surface area (Å²) in [5.74, 6) is 1.43. The van der Waals surface area contributed by atoms with Crippen LogP contribution in [0.5, 0.6) is 5.75 Å². The fraction of sp³-hybridized carbons (Fsp3) is 0.304. The molecule has 0 radical (unpaired) electrons. The van der Waals surface area contributed by atoms with Crippen molar-refractivity contribution in [2.24, 2.45) is 0 Å². The smallest absolute Gasteiger partial charge is 0.240 e. The van der Waals surface area contributed by atoms with Crippen LogP contribution in [0.3, 0.4) is 0 Å². The number of hydrogen-bond acceptors (Lipinski definition) is 5. The molecular formula is C23H26BrN3O3S. The van der Waals surface area contributed by atoms with Gasteiger partial charge in [0.15, 0.2) is 0 Å². The molecule has 2 aromatic carbocycles. The predicted molar refractivity (Wildman–Crippen MR) is 125 cm³/mol. The van der Waals surface area contributed by atoms with Crippen molar-refractivity contribution in [2.75, 3.05) is 13.7 Å². The highest BCUT2D eigenvalue weighted by Crippen LogP contribution is 2.25. The fourth-order valence-corrected chi connectivity index (χ4v) is 4.98. The van der Waals surface area contributed by atoms with E-state index in [9.17, 15) is 8.42 Å². The number of ether oxygens (including phenoxy) is 1. The first-order valence-electron chi connectivity index (χ1n) is 10.1. The topological polar surface area (TPSA) is 81.2 Å². The minimum atomic E-state index is -3.58. The van der Waals surface area contributed by atoms with Crippen LogP contribution < -0.4 is 9.46 Å². The Bertz CT molecular complexity index is 1170. The first kappa shape index (κ1) is 23.4. The molecule has 0 saturated carbocycles. The molecule has 3 aromatic rings. The second kappa shape index (κ2) is 10.3. The van der Waals surface area contributed by atoms with Crippen LogP contribution in [0.1, 0.15) is 41.6 Å². The lowest BCUT2D eigenvalue weighted by molar-refractivity contribution is 0.410. The van der Waals surface area contributed by atoms with E-state index in [1.54, 1.807) is 25.4 Å². The van der Waals surface area contributed by atoms with E-state index in [2.05, 4.69) is 31.7 Å². The van der Waals surface area contributed by atoms with Gasteiger partial charge in [0, 0.05) is 31.1 Å². The van der Waals surface area contributed by atoms with Crippen LogP contribution in [0.15, 0.2) is 58.0 Å². The molecule has 0 aliphatic rings. The Morgan fingerprint density at radius 3 is 2.61 bits per heavy atom. The zero-order chi connectivity index (χ0) is 22.4. The highest BCUT2D eigenvalue weighted by atomic mass is 79.9. The van der Waals surface area contributed by atoms with Gasteiger partial charge in [-0.3, -0.25) is 0 Å². The van der Waals surface area contributed by atoms with E-state index in [-0.39, 0.29) is 4.90 Å². The lowest BCUT2D eigenvalue weighted by atomic mass is 10.1. The van der Waals surface area contributed by atoms with Gasteiger partial charge >= 0.3 is 0 Å². The lowest BCUT2D eigenvalue weighted by Crippen LogP contribution is -2.25. The summed E-state index contributed by atoms with van der Waals surface area (Å²) in [5, 5.41) is 0. The van der Waals surface area contributed by atoms with Gasteiger partial charge in [-0.2, -0.15) is 0 Å². The molecule has 31 heavy (non-hydrogen) atoms. The van der Waals surface area contributed by atoms with Crippen molar-refractivity contribution in [1.29, 1.82) is 0 Å². The number of aromatic nitrogens is 2. The third kappa shape index (κ3) is 5.90. The van der Waals surface area contributed by atoms with Crippen molar-refractivity contribution in [3.8, 4) is 5.75 Å². The summed E-state index contributed by atoms with van der Waals surface area (Å²) in [6.45, 7) is 4.36. The Morgan fingerprint density at radius 1 is 1.10 bits per heavy atom. The minimum Gasteiger partial charge on any atom is -0.496 e. The number of nitrogens with one attached hydrogen (secondary N) is 1. The third-order valence-electron chi connectivity index (χ3n) is 4.81. The van der Waals surface area contributed by atoms with E-state index in [0.29, 0.717) is 30.8 Å². The van der Waals surface area contributed by atoms with E-state index in [1.165, 1.54) is 0 Å². The van der Waals surface area contributed by atoms with E-state index >= 15 is 0 Å². The maximum Gasteiger partial charge on any atom is 0.240 e. The van der Waals surface area contributed by atoms with Gasteiger partial charge in [-0.15, -0.1) is 0 Å². The van der Waals surface area contributed by atoms with Crippen molar-refractivity contribution in [2.45, 2.75) is 38.0 Å². The quantitative estimate of drug-likeness (QED) is 0.467. The summed E-state index contributed by atoms with van der Waals surface area (Å²) in [4.78, 5) is 9.45. The van der Waals surface area contributed by atoms with Gasteiger partial charge in [-0.25, -0.2) is 23.1 Å². The van der Waals surface area contributed by atoms with Crippen molar-refractivity contribution in [3.05, 3.63) is 81.3 Å². The number of rotatable bonds is 9. The van der Waals surface area contributed by atoms with E-state index in [0.717, 1.165) is 33.5 Å². The van der Waals surface area contributed by atoms with Crippen LogP contribution in [0.4, 0.5) is 0 Å². The second-order valence-electron chi connectivity index (χ2n) is 7.26. The van der Waals surface area contributed by atoms with Gasteiger partial charge in [0.25, 0.3) is 0 Å². The predicted octanol–water partition coefficient (Wildman–Crippen LogP) is 4.43. The molecule has 1 heterocycles. The number of halogens is 1. The van der Waals surface area contributed by atoms with Crippen LogP contribution in [0, 0.1) is 6.92 Å². The fourth-order valence-electron chi connectivity index (χ4n) is 3.28. The summed E-state index contributed by atoms with van der Waals surface area (Å²) in [7, 11) is -1.94. The van der Waals surface area contributed by atoms with Crippen molar-refractivity contribution in [3.63, 3.8) is 0 Å². The average Bonchev–Trinajstić information content (AvgIpc) is 2.75. The van der Waals surface area contributed by atoms with Crippen molar-refractivity contribution >= 4 is 26.0 Å². The standard InChI is InChI=1S/C23H26BrN3O3S/c1-4-11-26-31(28,29)22-8-6-5-7-17(22)13-20-19(24)15-25-23(27-20)14-18-12-16(2)9-10-21(18)30-3/h5-10,12,15,26H,4,11,13-14H2,1-3H3. The summed E-state index contributed by atoms with van der Waals surface area (Å²) in [6.07, 6.45) is 3.32. The zero-order valence-electron chi connectivity index (χ0n) is 17.9. The number of methoxy groups -OCH3 is 1. The largest absolute Gasteiger partial charge is 0.496 e. The number of sulfonamides is 1. The zero-order valence-corrected chi connectivity index (χ0v) is 20.3. The maximum atomic E-state index is 12.7. The molecule has 0 fully saturated rings. The summed E-state index contributed by atoms with van der Waals surface area (Å²) in [5.41, 5.74) is 3.55. The second-order valence-corrected chi connectivity index (χ2v) is 9.84. The lowest BCUT2D eigenvalue weighted by Gasteiger charge is -2.13. The molecular weight excluding hydrogens is 478 g/mol. The average molecular weight is 504 g/mol. The van der Waals surface area contributed by atoms with E-state index in [1.807, 2.05) is 38.1 Å². The molecule has 0 aliphatic carbocycles. The van der Waals surface area contributed by atoms with Gasteiger partial charge in [-0.1, -0.05) is 42.8 Å². The van der Waals surface area contributed by atoms with Gasteiger partial charge < -0.3 is 4.74 Å².